The fraction of sp³-hybridized carbons (Fsp3) is 0.538. The monoisotopic (exact) mass is 340 g/mol. The number of rotatable bonds is 7. The lowest BCUT2D eigenvalue weighted by Gasteiger charge is -2.25. The highest BCUT2D eigenvalue weighted by Gasteiger charge is 2.31. The van der Waals surface area contributed by atoms with Crippen LogP contribution in [0.2, 0.25) is 0 Å². The molecule has 0 heterocycles. The minimum atomic E-state index is -4.75. The van der Waals surface area contributed by atoms with Gasteiger partial charge in [-0.15, -0.1) is 13.2 Å². The average Bonchev–Trinajstić information content (AvgIpc) is 2.40. The maximum absolute atomic E-state index is 12.2. The first-order valence-electron chi connectivity index (χ1n) is 6.66. The molecule has 0 aliphatic carbocycles. The largest absolute Gasteiger partial charge is 0.573 e. The third kappa shape index (κ3) is 5.15. The lowest BCUT2D eigenvalue weighted by Crippen LogP contribution is -2.41. The van der Waals surface area contributed by atoms with Crippen LogP contribution in [0.1, 0.15) is 19.4 Å². The molecule has 0 atom stereocenters. The highest BCUT2D eigenvalue weighted by atomic mass is 32.2. The van der Waals surface area contributed by atoms with E-state index in [-0.39, 0.29) is 12.3 Å². The van der Waals surface area contributed by atoms with Crippen LogP contribution < -0.4 is 4.74 Å². The molecule has 1 rings (SSSR count). The van der Waals surface area contributed by atoms with E-state index in [0.29, 0.717) is 18.7 Å². The zero-order valence-corrected chi connectivity index (χ0v) is 13.4. The van der Waals surface area contributed by atoms with E-state index in [9.17, 15) is 21.6 Å². The summed E-state index contributed by atoms with van der Waals surface area (Å²) in [7, 11) is -2.16. The van der Waals surface area contributed by atoms with E-state index < -0.39 is 16.6 Å². The quantitative estimate of drug-likeness (QED) is 0.767. The molecule has 0 aliphatic rings. The van der Waals surface area contributed by atoms with Crippen LogP contribution in [-0.4, -0.2) is 43.5 Å². The first kappa shape index (κ1) is 18.7. The van der Waals surface area contributed by atoms with Crippen molar-refractivity contribution in [3.8, 4) is 5.75 Å². The Morgan fingerprint density at radius 3 is 2.00 bits per heavy atom. The highest BCUT2D eigenvalue weighted by molar-refractivity contribution is 7.86. The molecule has 0 spiro atoms. The van der Waals surface area contributed by atoms with Gasteiger partial charge in [0.15, 0.2) is 0 Å². The van der Waals surface area contributed by atoms with Gasteiger partial charge in [-0.2, -0.15) is 17.0 Å². The summed E-state index contributed by atoms with van der Waals surface area (Å²) in [6.07, 6.45) is -4.75. The van der Waals surface area contributed by atoms with Crippen LogP contribution in [0.15, 0.2) is 24.3 Å². The Morgan fingerprint density at radius 1 is 1.09 bits per heavy atom. The number of hydrogen-bond acceptors (Lipinski definition) is 3. The maximum atomic E-state index is 12.2. The molecule has 1 aromatic rings. The lowest BCUT2D eigenvalue weighted by atomic mass is 10.2. The second kappa shape index (κ2) is 7.30. The van der Waals surface area contributed by atoms with Gasteiger partial charge in [-0.3, -0.25) is 0 Å². The molecule has 1 aromatic carbocycles. The SMILES string of the molecule is CCN(CC)S(=O)(=O)N(C)Cc1ccc(OC(F)(F)F)cc1. The van der Waals surface area contributed by atoms with Crippen LogP contribution >= 0.6 is 0 Å². The van der Waals surface area contributed by atoms with Gasteiger partial charge in [-0.25, -0.2) is 0 Å². The van der Waals surface area contributed by atoms with Crippen LogP contribution in [0.5, 0.6) is 5.75 Å². The predicted molar refractivity (Wildman–Crippen MR) is 76.4 cm³/mol. The molecule has 5 nitrogen and oxygen atoms in total. The van der Waals surface area contributed by atoms with Crippen molar-refractivity contribution in [1.29, 1.82) is 0 Å². The summed E-state index contributed by atoms with van der Waals surface area (Å²) in [6, 6.07) is 5.10. The smallest absolute Gasteiger partial charge is 0.406 e. The molecule has 0 bridgehead atoms. The summed E-state index contributed by atoms with van der Waals surface area (Å²) in [5.41, 5.74) is 0.563. The Hall–Kier alpha value is -1.32. The van der Waals surface area contributed by atoms with Gasteiger partial charge >= 0.3 is 6.36 Å². The van der Waals surface area contributed by atoms with Crippen LogP contribution in [0.3, 0.4) is 0 Å². The summed E-state index contributed by atoms with van der Waals surface area (Å²) in [4.78, 5) is 0. The Bertz CT molecular complexity index is 569. The van der Waals surface area contributed by atoms with Crippen molar-refractivity contribution in [2.24, 2.45) is 0 Å². The first-order valence-corrected chi connectivity index (χ1v) is 8.06. The number of ether oxygens (including phenoxy) is 1. The second-order valence-corrected chi connectivity index (χ2v) is 6.58. The third-order valence-electron chi connectivity index (χ3n) is 2.99. The number of halogens is 3. The summed E-state index contributed by atoms with van der Waals surface area (Å²) < 4.78 is 66.9. The molecule has 0 saturated heterocycles. The van der Waals surface area contributed by atoms with Crippen LogP contribution in [0.25, 0.3) is 0 Å². The van der Waals surface area contributed by atoms with Crippen molar-refractivity contribution in [1.82, 2.24) is 8.61 Å². The number of alkyl halides is 3. The predicted octanol–water partition coefficient (Wildman–Crippen LogP) is 2.60. The topological polar surface area (TPSA) is 49.9 Å². The fourth-order valence-electron chi connectivity index (χ4n) is 1.88. The number of hydrogen-bond donors (Lipinski definition) is 0. The Kier molecular flexibility index (Phi) is 6.21. The zero-order chi connectivity index (χ0) is 17.0. The van der Waals surface area contributed by atoms with Crippen molar-refractivity contribution >= 4 is 10.2 Å². The summed E-state index contributed by atoms with van der Waals surface area (Å²) >= 11 is 0. The summed E-state index contributed by atoms with van der Waals surface area (Å²) in [5, 5.41) is 0. The zero-order valence-electron chi connectivity index (χ0n) is 12.6. The molecule has 126 valence electrons. The molecule has 9 heteroatoms. The Balaban J connectivity index is 2.79. The molecular formula is C13H19F3N2O3S. The van der Waals surface area contributed by atoms with Gasteiger partial charge in [0, 0.05) is 26.7 Å². The van der Waals surface area contributed by atoms with E-state index in [1.807, 2.05) is 0 Å². The van der Waals surface area contributed by atoms with Gasteiger partial charge in [0.2, 0.25) is 0 Å². The van der Waals surface area contributed by atoms with E-state index in [0.717, 1.165) is 16.4 Å². The molecular weight excluding hydrogens is 321 g/mol. The van der Waals surface area contributed by atoms with Crippen molar-refractivity contribution in [2.75, 3.05) is 20.1 Å². The summed E-state index contributed by atoms with van der Waals surface area (Å²) in [6.45, 7) is 4.23. The van der Waals surface area contributed by atoms with Crippen LogP contribution in [0, 0.1) is 0 Å². The Morgan fingerprint density at radius 2 is 1.59 bits per heavy atom. The van der Waals surface area contributed by atoms with Crippen LogP contribution in [0.4, 0.5) is 13.2 Å². The minimum Gasteiger partial charge on any atom is -0.406 e. The van der Waals surface area contributed by atoms with Gasteiger partial charge in [0.25, 0.3) is 10.2 Å². The molecule has 0 N–H and O–H groups in total. The van der Waals surface area contributed by atoms with E-state index in [2.05, 4.69) is 4.74 Å². The van der Waals surface area contributed by atoms with Crippen molar-refractivity contribution in [3.05, 3.63) is 29.8 Å². The average molecular weight is 340 g/mol. The second-order valence-electron chi connectivity index (χ2n) is 4.54. The molecule has 0 unspecified atom stereocenters. The molecule has 22 heavy (non-hydrogen) atoms. The van der Waals surface area contributed by atoms with Gasteiger partial charge < -0.3 is 4.74 Å². The molecule has 0 aliphatic heterocycles. The van der Waals surface area contributed by atoms with Crippen molar-refractivity contribution in [2.45, 2.75) is 26.8 Å². The van der Waals surface area contributed by atoms with E-state index in [1.165, 1.54) is 23.5 Å². The number of benzene rings is 1. The van der Waals surface area contributed by atoms with Crippen LogP contribution in [-0.2, 0) is 16.8 Å². The summed E-state index contributed by atoms with van der Waals surface area (Å²) in [5.74, 6) is -0.342. The van der Waals surface area contributed by atoms with Crippen molar-refractivity contribution in [3.63, 3.8) is 0 Å². The number of nitrogens with zero attached hydrogens (tertiary/aromatic N) is 2. The Labute approximate surface area is 128 Å². The van der Waals surface area contributed by atoms with E-state index in [1.54, 1.807) is 13.8 Å². The normalized spacial score (nSPS) is 12.9. The van der Waals surface area contributed by atoms with Gasteiger partial charge in [-0.1, -0.05) is 26.0 Å². The molecule has 0 amide bonds. The first-order chi connectivity index (χ1) is 10.1. The van der Waals surface area contributed by atoms with Crippen molar-refractivity contribution < 1.29 is 26.3 Å². The fourth-order valence-corrected chi connectivity index (χ4v) is 3.24. The lowest BCUT2D eigenvalue weighted by molar-refractivity contribution is -0.274. The minimum absolute atomic E-state index is 0.0606. The third-order valence-corrected chi connectivity index (χ3v) is 5.07. The molecule has 0 radical (unpaired) electrons. The van der Waals surface area contributed by atoms with E-state index in [4.69, 9.17) is 0 Å². The van der Waals surface area contributed by atoms with Gasteiger partial charge in [0.05, 0.1) is 0 Å². The van der Waals surface area contributed by atoms with Gasteiger partial charge in [0.1, 0.15) is 5.75 Å². The maximum Gasteiger partial charge on any atom is 0.573 e. The molecule has 0 fully saturated rings. The standard InChI is InChI=1S/C13H19F3N2O3S/c1-4-18(5-2)22(19,20)17(3)10-11-6-8-12(9-7-11)21-13(14,15)16/h6-9H,4-5,10H2,1-3H3. The molecule has 0 saturated carbocycles. The van der Waals surface area contributed by atoms with Gasteiger partial charge in [-0.05, 0) is 17.7 Å². The molecule has 0 aromatic heterocycles. The highest BCUT2D eigenvalue weighted by Crippen LogP contribution is 2.23. The van der Waals surface area contributed by atoms with E-state index >= 15 is 0 Å².